The topological polar surface area (TPSA) is 61.8 Å². The largest absolute Gasteiger partial charge is 0.471 e. The number of likely N-dealkylation sites (N-methyl/N-ethyl adjacent to an activating group) is 1. The Hall–Kier alpha value is -1.89. The number of hydrogen-bond donors (Lipinski definition) is 0. The van der Waals surface area contributed by atoms with Crippen molar-refractivity contribution in [2.45, 2.75) is 25.9 Å². The second-order valence-electron chi connectivity index (χ2n) is 6.41. The molecule has 3 rings (SSSR count). The average molecular weight is 319 g/mol. The summed E-state index contributed by atoms with van der Waals surface area (Å²) in [6, 6.07) is 3.86. The summed E-state index contributed by atoms with van der Waals surface area (Å²) in [5, 5.41) is 8.06. The number of aromatic nitrogens is 2. The molecule has 126 valence electrons. The van der Waals surface area contributed by atoms with Crippen molar-refractivity contribution >= 4 is 6.03 Å². The van der Waals surface area contributed by atoms with E-state index >= 15 is 0 Å². The molecule has 2 aliphatic heterocycles. The number of carbonyl (C=O) groups excluding carboxylic acids is 1. The van der Waals surface area contributed by atoms with E-state index in [-0.39, 0.29) is 12.1 Å². The van der Waals surface area contributed by atoms with Crippen LogP contribution in [0.1, 0.15) is 18.5 Å². The summed E-state index contributed by atoms with van der Waals surface area (Å²) < 4.78 is 5.90. The van der Waals surface area contributed by atoms with Crippen LogP contribution in [0, 0.1) is 6.92 Å². The SMILES string of the molecule is Cc1ccc(O[C@H]2CCCN(C(=O)N3CCN(C)CC3)C2)nn1. The molecule has 0 bridgehead atoms. The maximum Gasteiger partial charge on any atom is 0.320 e. The lowest BCUT2D eigenvalue weighted by Gasteiger charge is -2.39. The molecule has 0 spiro atoms. The van der Waals surface area contributed by atoms with E-state index in [0.717, 1.165) is 51.3 Å². The molecule has 2 amide bonds. The highest BCUT2D eigenvalue weighted by molar-refractivity contribution is 5.74. The van der Waals surface area contributed by atoms with Crippen molar-refractivity contribution in [2.75, 3.05) is 46.3 Å². The number of nitrogens with zero attached hydrogens (tertiary/aromatic N) is 5. The zero-order valence-corrected chi connectivity index (χ0v) is 13.9. The smallest absolute Gasteiger partial charge is 0.320 e. The van der Waals surface area contributed by atoms with Crippen molar-refractivity contribution < 1.29 is 9.53 Å². The molecule has 1 atom stereocenters. The first-order valence-corrected chi connectivity index (χ1v) is 8.31. The minimum absolute atomic E-state index is 0.00262. The number of piperidine rings is 1. The third-order valence-electron chi connectivity index (χ3n) is 4.48. The van der Waals surface area contributed by atoms with Gasteiger partial charge in [-0.1, -0.05) is 0 Å². The number of rotatable bonds is 2. The van der Waals surface area contributed by atoms with E-state index in [1.807, 2.05) is 28.9 Å². The zero-order valence-electron chi connectivity index (χ0n) is 13.9. The van der Waals surface area contributed by atoms with E-state index in [2.05, 4.69) is 22.1 Å². The van der Waals surface area contributed by atoms with Gasteiger partial charge in [0, 0.05) is 38.8 Å². The van der Waals surface area contributed by atoms with Gasteiger partial charge in [-0.15, -0.1) is 5.10 Å². The number of aryl methyl sites for hydroxylation is 1. The molecule has 0 radical (unpaired) electrons. The second kappa shape index (κ2) is 7.12. The van der Waals surface area contributed by atoms with Crippen LogP contribution >= 0.6 is 0 Å². The molecule has 2 saturated heterocycles. The number of likely N-dealkylation sites (tertiary alicyclic amines) is 1. The summed E-state index contributed by atoms with van der Waals surface area (Å²) in [7, 11) is 2.09. The van der Waals surface area contributed by atoms with Crippen LogP contribution in [0.15, 0.2) is 12.1 Å². The van der Waals surface area contributed by atoms with E-state index in [1.165, 1.54) is 0 Å². The third kappa shape index (κ3) is 4.10. The molecule has 0 aliphatic carbocycles. The van der Waals surface area contributed by atoms with Gasteiger partial charge in [-0.3, -0.25) is 0 Å². The monoisotopic (exact) mass is 319 g/mol. The van der Waals surface area contributed by atoms with E-state index in [1.54, 1.807) is 0 Å². The molecular formula is C16H25N5O2. The molecule has 7 heteroatoms. The van der Waals surface area contributed by atoms with Crippen molar-refractivity contribution in [2.24, 2.45) is 0 Å². The molecular weight excluding hydrogens is 294 g/mol. The normalized spacial score (nSPS) is 23.0. The Kier molecular flexibility index (Phi) is 4.95. The molecule has 2 fully saturated rings. The molecule has 23 heavy (non-hydrogen) atoms. The van der Waals surface area contributed by atoms with E-state index in [4.69, 9.17) is 4.74 Å². The molecule has 1 aromatic heterocycles. The Labute approximate surface area is 137 Å². The molecule has 2 aliphatic rings. The molecule has 7 nitrogen and oxygen atoms in total. The molecule has 3 heterocycles. The van der Waals surface area contributed by atoms with Gasteiger partial charge in [0.15, 0.2) is 0 Å². The van der Waals surface area contributed by atoms with Gasteiger partial charge in [0.2, 0.25) is 5.88 Å². The lowest BCUT2D eigenvalue weighted by molar-refractivity contribution is 0.0726. The highest BCUT2D eigenvalue weighted by atomic mass is 16.5. The first kappa shape index (κ1) is 16.0. The minimum Gasteiger partial charge on any atom is -0.471 e. The van der Waals surface area contributed by atoms with Crippen LogP contribution in [-0.4, -0.2) is 83.3 Å². The lowest BCUT2D eigenvalue weighted by Crippen LogP contribution is -2.54. The number of amides is 2. The predicted molar refractivity (Wildman–Crippen MR) is 86.5 cm³/mol. The maximum atomic E-state index is 12.7. The zero-order chi connectivity index (χ0) is 16.2. The van der Waals surface area contributed by atoms with Gasteiger partial charge < -0.3 is 19.4 Å². The van der Waals surface area contributed by atoms with Crippen molar-refractivity contribution in [3.63, 3.8) is 0 Å². The van der Waals surface area contributed by atoms with Crippen LogP contribution in [-0.2, 0) is 0 Å². The quantitative estimate of drug-likeness (QED) is 0.814. The third-order valence-corrected chi connectivity index (χ3v) is 4.48. The fourth-order valence-electron chi connectivity index (χ4n) is 3.03. The summed E-state index contributed by atoms with van der Waals surface area (Å²) in [6.45, 7) is 6.83. The summed E-state index contributed by atoms with van der Waals surface area (Å²) in [4.78, 5) is 18.8. The van der Waals surface area contributed by atoms with E-state index in [0.29, 0.717) is 12.4 Å². The first-order valence-electron chi connectivity index (χ1n) is 8.31. The fourth-order valence-corrected chi connectivity index (χ4v) is 3.03. The average Bonchev–Trinajstić information content (AvgIpc) is 2.57. The Morgan fingerprint density at radius 2 is 1.91 bits per heavy atom. The predicted octanol–water partition coefficient (Wildman–Crippen LogP) is 0.996. The fraction of sp³-hybridized carbons (Fsp3) is 0.688. The van der Waals surface area contributed by atoms with Gasteiger partial charge in [-0.25, -0.2) is 4.79 Å². The molecule has 0 saturated carbocycles. The van der Waals surface area contributed by atoms with Crippen molar-refractivity contribution in [1.82, 2.24) is 24.9 Å². The molecule has 1 aromatic rings. The van der Waals surface area contributed by atoms with Gasteiger partial charge in [0.05, 0.1) is 12.2 Å². The standard InChI is InChI=1S/C16H25N5O2/c1-13-5-6-15(18-17-13)23-14-4-3-7-21(12-14)16(22)20-10-8-19(2)9-11-20/h5-6,14H,3-4,7-12H2,1-2H3/t14-/m0/s1. The van der Waals surface area contributed by atoms with Crippen LogP contribution in [0.25, 0.3) is 0 Å². The van der Waals surface area contributed by atoms with Crippen LogP contribution in [0.5, 0.6) is 5.88 Å². The van der Waals surface area contributed by atoms with Gasteiger partial charge >= 0.3 is 6.03 Å². The van der Waals surface area contributed by atoms with Gasteiger partial charge in [-0.05, 0) is 32.9 Å². The van der Waals surface area contributed by atoms with Crippen LogP contribution in [0.2, 0.25) is 0 Å². The molecule has 0 N–H and O–H groups in total. The molecule has 0 unspecified atom stereocenters. The van der Waals surface area contributed by atoms with Crippen molar-refractivity contribution in [3.05, 3.63) is 17.8 Å². The van der Waals surface area contributed by atoms with E-state index in [9.17, 15) is 4.79 Å². The maximum absolute atomic E-state index is 12.7. The van der Waals surface area contributed by atoms with Gasteiger partial charge in [0.25, 0.3) is 0 Å². The van der Waals surface area contributed by atoms with Crippen molar-refractivity contribution in [3.8, 4) is 5.88 Å². The molecule has 0 aromatic carbocycles. The Bertz CT molecular complexity index is 528. The first-order chi connectivity index (χ1) is 11.1. The Morgan fingerprint density at radius 1 is 1.13 bits per heavy atom. The summed E-state index contributed by atoms with van der Waals surface area (Å²) >= 11 is 0. The van der Waals surface area contributed by atoms with Crippen LogP contribution in [0.3, 0.4) is 0 Å². The van der Waals surface area contributed by atoms with Gasteiger partial charge in [0.1, 0.15) is 6.10 Å². The van der Waals surface area contributed by atoms with Crippen LogP contribution in [0.4, 0.5) is 4.79 Å². The number of urea groups is 1. The van der Waals surface area contributed by atoms with E-state index < -0.39 is 0 Å². The van der Waals surface area contributed by atoms with Crippen molar-refractivity contribution in [1.29, 1.82) is 0 Å². The number of piperazine rings is 1. The highest BCUT2D eigenvalue weighted by Crippen LogP contribution is 2.18. The number of carbonyl (C=O) groups is 1. The summed E-state index contributed by atoms with van der Waals surface area (Å²) in [6.07, 6.45) is 1.91. The summed E-state index contributed by atoms with van der Waals surface area (Å²) in [5.74, 6) is 0.537. The lowest BCUT2D eigenvalue weighted by atomic mass is 10.1. The second-order valence-corrected chi connectivity index (χ2v) is 6.41. The minimum atomic E-state index is -0.00262. The Balaban J connectivity index is 1.55. The Morgan fingerprint density at radius 3 is 2.61 bits per heavy atom. The number of ether oxygens (including phenoxy) is 1. The summed E-state index contributed by atoms with van der Waals surface area (Å²) in [5.41, 5.74) is 0.868. The van der Waals surface area contributed by atoms with Crippen LogP contribution < -0.4 is 4.74 Å². The number of hydrogen-bond acceptors (Lipinski definition) is 5. The highest BCUT2D eigenvalue weighted by Gasteiger charge is 2.29. The van der Waals surface area contributed by atoms with Gasteiger partial charge in [-0.2, -0.15) is 5.10 Å².